The fourth-order valence-corrected chi connectivity index (χ4v) is 8.68. The van der Waals surface area contributed by atoms with Crippen LogP contribution in [0, 0.1) is 5.92 Å². The number of hydrogen-bond donors (Lipinski definition) is 0. The first-order valence-corrected chi connectivity index (χ1v) is 8.81. The summed E-state index contributed by atoms with van der Waals surface area (Å²) in [5, 5.41) is 3.64. The van der Waals surface area contributed by atoms with Crippen molar-refractivity contribution in [2.45, 2.75) is 26.4 Å². The molecule has 1 fully saturated rings. The van der Waals surface area contributed by atoms with Gasteiger partial charge in [0.2, 0.25) is 0 Å². The third-order valence-electron chi connectivity index (χ3n) is 3.57. The zero-order valence-electron chi connectivity index (χ0n) is 9.60. The molecule has 0 aromatic heterocycles. The van der Waals surface area contributed by atoms with Crippen LogP contribution in [0.25, 0.3) is 0 Å². The van der Waals surface area contributed by atoms with Crippen molar-refractivity contribution in [3.63, 3.8) is 0 Å². The van der Waals surface area contributed by atoms with Crippen molar-refractivity contribution in [2.24, 2.45) is 5.92 Å². The van der Waals surface area contributed by atoms with Crippen LogP contribution in [0.1, 0.15) is 13.3 Å². The molecule has 2 heterocycles. The van der Waals surface area contributed by atoms with Crippen molar-refractivity contribution in [2.75, 3.05) is 0 Å². The fourth-order valence-electron chi connectivity index (χ4n) is 2.89. The summed E-state index contributed by atoms with van der Waals surface area (Å²) >= 11 is 2.06. The average molecular weight is 369 g/mol. The van der Waals surface area contributed by atoms with Crippen LogP contribution >= 0.6 is 11.8 Å². The van der Waals surface area contributed by atoms with Crippen LogP contribution in [-0.2, 0) is 26.2 Å². The summed E-state index contributed by atoms with van der Waals surface area (Å²) in [6, 6.07) is 0. The van der Waals surface area contributed by atoms with Crippen molar-refractivity contribution in [1.29, 1.82) is 0 Å². The second-order valence-electron chi connectivity index (χ2n) is 4.54. The Balaban J connectivity index is 0.000000750. The van der Waals surface area contributed by atoms with Gasteiger partial charge in [0.25, 0.3) is 0 Å². The molecule has 0 saturated carbocycles. The molecule has 1 unspecified atom stereocenters. The number of hydrogen-bond acceptors (Lipinski definition) is 1. The molecule has 1 saturated heterocycles. The minimum absolute atomic E-state index is 0. The van der Waals surface area contributed by atoms with E-state index in [1.165, 1.54) is 6.42 Å². The van der Waals surface area contributed by atoms with Gasteiger partial charge in [-0.25, -0.2) is 0 Å². The topological polar surface area (TPSA) is 0 Å². The maximum atomic E-state index is 2.50. The zero-order chi connectivity index (χ0) is 9.22. The third kappa shape index (κ3) is 1.91. The van der Waals surface area contributed by atoms with E-state index < -0.39 is 8.07 Å². The predicted molar refractivity (Wildman–Crippen MR) is 62.0 cm³/mol. The molecule has 0 radical (unpaired) electrons. The number of rotatable bonds is 1. The van der Waals surface area contributed by atoms with E-state index in [-0.39, 0.29) is 51.0 Å². The SMILES string of the molecule is CCC1=C2C3C(=CC=C3[Si]2(C)C)S1.[Cl-].[Cl-].[Zr+2]. The molecule has 0 aromatic rings. The Morgan fingerprint density at radius 2 is 1.88 bits per heavy atom. The van der Waals surface area contributed by atoms with Crippen LogP contribution in [0.2, 0.25) is 13.1 Å². The standard InChI is InChI=1S/C11H14SSi.2ClH.Zr/c1-4-7-11-10-8(12-7)5-6-9(10)13(11,2)3;;;/h5-6,10H,4H2,1-3H3;2*1H;/q;;;+2/p-2. The Bertz CT molecular complexity index is 399. The molecule has 0 nitrogen and oxygen atoms in total. The molecule has 0 N–H and O–H groups in total. The molecule has 0 aromatic carbocycles. The number of allylic oxidation sites excluding steroid dienone is 6. The first kappa shape index (κ1) is 17.2. The second kappa shape index (κ2) is 5.48. The van der Waals surface area contributed by atoms with Gasteiger partial charge >= 0.3 is 26.2 Å². The van der Waals surface area contributed by atoms with E-state index in [1.54, 1.807) is 15.0 Å². The van der Waals surface area contributed by atoms with Gasteiger partial charge in [0.05, 0.1) is 0 Å². The molecule has 2 aliphatic heterocycles. The van der Waals surface area contributed by atoms with Crippen LogP contribution < -0.4 is 24.8 Å². The molecular formula is C11H14Cl2SSiZr. The summed E-state index contributed by atoms with van der Waals surface area (Å²) in [4.78, 5) is 3.32. The van der Waals surface area contributed by atoms with E-state index in [9.17, 15) is 0 Å². The smallest absolute Gasteiger partial charge is 1.00 e. The van der Waals surface area contributed by atoms with Gasteiger partial charge in [0.1, 0.15) is 8.07 Å². The number of halogens is 2. The van der Waals surface area contributed by atoms with Gasteiger partial charge in [-0.1, -0.05) is 54.3 Å². The first-order chi connectivity index (χ1) is 6.16. The van der Waals surface area contributed by atoms with Gasteiger partial charge in [-0.15, -0.1) is 0 Å². The summed E-state index contributed by atoms with van der Waals surface area (Å²) in [7, 11) is -1.08. The van der Waals surface area contributed by atoms with E-state index in [2.05, 4.69) is 43.9 Å². The predicted octanol–water partition coefficient (Wildman–Crippen LogP) is -2.36. The largest absolute Gasteiger partial charge is 2.00 e. The number of thioether (sulfide) groups is 1. The summed E-state index contributed by atoms with van der Waals surface area (Å²) in [6.07, 6.45) is 6.00. The molecule has 3 aliphatic rings. The Hall–Kier alpha value is 1.25. The van der Waals surface area contributed by atoms with Gasteiger partial charge in [0.15, 0.2) is 0 Å². The first-order valence-electron chi connectivity index (χ1n) is 5.00. The van der Waals surface area contributed by atoms with Gasteiger partial charge in [-0.2, -0.15) is 0 Å². The third-order valence-corrected chi connectivity index (χ3v) is 8.95. The van der Waals surface area contributed by atoms with E-state index in [1.807, 2.05) is 5.20 Å². The van der Waals surface area contributed by atoms with Crippen LogP contribution in [0.4, 0.5) is 0 Å². The molecule has 0 amide bonds. The molecule has 5 heteroatoms. The summed E-state index contributed by atoms with van der Waals surface area (Å²) in [5.41, 5.74) is 0. The Kier molecular flexibility index (Phi) is 5.91. The van der Waals surface area contributed by atoms with Crippen LogP contribution in [0.15, 0.2) is 32.4 Å². The van der Waals surface area contributed by atoms with Crippen molar-refractivity contribution < 1.29 is 51.0 Å². The Labute approximate surface area is 134 Å². The summed E-state index contributed by atoms with van der Waals surface area (Å²) in [6.45, 7) is 7.30. The van der Waals surface area contributed by atoms with Crippen LogP contribution in [-0.4, -0.2) is 8.07 Å². The quantitative estimate of drug-likeness (QED) is 0.467. The van der Waals surface area contributed by atoms with Gasteiger partial charge in [0, 0.05) is 5.92 Å². The molecule has 1 aliphatic carbocycles. The molecular weight excluding hydrogens is 354 g/mol. The van der Waals surface area contributed by atoms with Gasteiger partial charge < -0.3 is 24.8 Å². The molecule has 3 rings (SSSR count). The fraction of sp³-hybridized carbons (Fsp3) is 0.455. The second-order valence-corrected chi connectivity index (χ2v) is 10.1. The van der Waals surface area contributed by atoms with Crippen molar-refractivity contribution in [3.05, 3.63) is 32.4 Å². The van der Waals surface area contributed by atoms with Crippen molar-refractivity contribution in [1.82, 2.24) is 0 Å². The maximum Gasteiger partial charge on any atom is 2.00 e. The monoisotopic (exact) mass is 366 g/mol. The Morgan fingerprint density at radius 3 is 2.44 bits per heavy atom. The normalized spacial score (nSPS) is 26.6. The molecule has 16 heavy (non-hydrogen) atoms. The van der Waals surface area contributed by atoms with Crippen molar-refractivity contribution >= 4 is 19.8 Å². The zero-order valence-corrected chi connectivity index (χ0v) is 15.4. The van der Waals surface area contributed by atoms with Gasteiger partial charge in [-0.05, 0) is 16.2 Å². The van der Waals surface area contributed by atoms with Gasteiger partial charge in [-0.3, -0.25) is 0 Å². The minimum Gasteiger partial charge on any atom is -1.00 e. The average Bonchev–Trinajstić information content (AvgIpc) is 2.54. The Morgan fingerprint density at radius 1 is 1.25 bits per heavy atom. The molecule has 0 bridgehead atoms. The van der Waals surface area contributed by atoms with E-state index >= 15 is 0 Å². The maximum absolute atomic E-state index is 2.50. The van der Waals surface area contributed by atoms with E-state index in [0.29, 0.717) is 0 Å². The summed E-state index contributed by atoms with van der Waals surface area (Å²) < 4.78 is 0. The van der Waals surface area contributed by atoms with E-state index in [0.717, 1.165) is 5.92 Å². The minimum atomic E-state index is -1.08. The van der Waals surface area contributed by atoms with Crippen LogP contribution in [0.5, 0.6) is 0 Å². The molecule has 86 valence electrons. The summed E-state index contributed by atoms with van der Waals surface area (Å²) in [5.74, 6) is 0.793. The van der Waals surface area contributed by atoms with Crippen LogP contribution in [0.3, 0.4) is 0 Å². The van der Waals surface area contributed by atoms with Crippen molar-refractivity contribution in [3.8, 4) is 0 Å². The molecule has 1 atom stereocenters. The van der Waals surface area contributed by atoms with E-state index in [4.69, 9.17) is 0 Å². The molecule has 0 spiro atoms.